The van der Waals surface area contributed by atoms with E-state index in [0.29, 0.717) is 29.5 Å². The first-order valence-corrected chi connectivity index (χ1v) is 16.2. The van der Waals surface area contributed by atoms with Gasteiger partial charge in [-0.05, 0) is 70.9 Å². The van der Waals surface area contributed by atoms with Crippen LogP contribution in [-0.2, 0) is 5.92 Å². The number of hydrogen-bond acceptors (Lipinski definition) is 5. The van der Waals surface area contributed by atoms with Gasteiger partial charge < -0.3 is 10.2 Å². The fourth-order valence-corrected chi connectivity index (χ4v) is 6.32. The second-order valence-corrected chi connectivity index (χ2v) is 13.1. The number of likely N-dealkylation sites (tertiary alicyclic amines) is 1. The third-order valence-corrected chi connectivity index (χ3v) is 9.50. The summed E-state index contributed by atoms with van der Waals surface area (Å²) in [5.41, 5.74) is 2.01. The van der Waals surface area contributed by atoms with E-state index in [-0.39, 0.29) is 17.9 Å². The molecule has 1 saturated heterocycles. The highest BCUT2D eigenvalue weighted by molar-refractivity contribution is 5.71. The van der Waals surface area contributed by atoms with Crippen molar-refractivity contribution in [3.63, 3.8) is 0 Å². The number of nitrogens with zero attached hydrogens (tertiary/aromatic N) is 4. The van der Waals surface area contributed by atoms with E-state index in [1.807, 2.05) is 19.9 Å². The molecule has 1 aliphatic carbocycles. The van der Waals surface area contributed by atoms with E-state index in [4.69, 9.17) is 0 Å². The molecule has 0 spiro atoms. The first kappa shape index (κ1) is 33.7. The van der Waals surface area contributed by atoms with E-state index < -0.39 is 28.8 Å². The quantitative estimate of drug-likeness (QED) is 0.152. The molecular formula is C36H48F3N5. The Kier molecular flexibility index (Phi) is 10.9. The van der Waals surface area contributed by atoms with Crippen LogP contribution in [0.3, 0.4) is 0 Å². The Balaban J connectivity index is 1.43. The average Bonchev–Trinajstić information content (AvgIpc) is 3.75. The molecule has 0 bridgehead atoms. The SMILES string of the molecule is C=C(C)C(=Cc1c(C)ncnc1N[C@H](C)c1cccc(C(F)(F)CCC2CN(C(C)CCCCCC)C2)c1F)C1(C#N)CC1. The number of rotatable bonds is 16. The summed E-state index contributed by atoms with van der Waals surface area (Å²) in [5.74, 6) is -3.49. The van der Waals surface area contributed by atoms with E-state index >= 15 is 13.2 Å². The van der Waals surface area contributed by atoms with Crippen molar-refractivity contribution in [2.75, 3.05) is 18.4 Å². The molecule has 2 aliphatic rings. The number of nitriles is 1. The van der Waals surface area contributed by atoms with Crippen molar-refractivity contribution >= 4 is 11.9 Å². The summed E-state index contributed by atoms with van der Waals surface area (Å²) in [6, 6.07) is 6.49. The van der Waals surface area contributed by atoms with Crippen LogP contribution in [0.15, 0.2) is 42.3 Å². The Morgan fingerprint density at radius 2 is 1.95 bits per heavy atom. The van der Waals surface area contributed by atoms with Crippen molar-refractivity contribution in [2.45, 2.75) is 110 Å². The molecule has 4 rings (SSSR count). The summed E-state index contributed by atoms with van der Waals surface area (Å²) in [7, 11) is 0. The van der Waals surface area contributed by atoms with E-state index in [1.54, 1.807) is 6.92 Å². The normalized spacial score (nSPS) is 18.3. The van der Waals surface area contributed by atoms with Crippen LogP contribution >= 0.6 is 0 Å². The van der Waals surface area contributed by atoms with Crippen molar-refractivity contribution in [1.29, 1.82) is 5.26 Å². The second kappa shape index (κ2) is 14.3. The molecule has 0 amide bonds. The van der Waals surface area contributed by atoms with Gasteiger partial charge in [0.15, 0.2) is 0 Å². The van der Waals surface area contributed by atoms with Crippen LogP contribution in [0, 0.1) is 35.4 Å². The number of aromatic nitrogens is 2. The van der Waals surface area contributed by atoms with Crippen molar-refractivity contribution < 1.29 is 13.2 Å². The molecule has 5 nitrogen and oxygen atoms in total. The zero-order valence-corrected chi connectivity index (χ0v) is 27.0. The zero-order chi connectivity index (χ0) is 32.1. The van der Waals surface area contributed by atoms with Gasteiger partial charge in [0.1, 0.15) is 18.0 Å². The van der Waals surface area contributed by atoms with Crippen LogP contribution in [0.25, 0.3) is 6.08 Å². The van der Waals surface area contributed by atoms with Crippen LogP contribution in [0.4, 0.5) is 19.0 Å². The standard InChI is InChI=1S/C36H48F3N5/c1-7-8-9-10-12-25(4)44-20-28(21-44)15-16-36(38,39)31-14-11-13-29(33(31)37)27(6)43-34-30(26(5)41-23-42-34)19-32(24(2)3)35(22-40)17-18-35/h11,13-14,19,23,25,27-28H,2,7-10,12,15-18,20-21H2,1,3-6H3,(H,41,42,43)/t25?,27-/m1/s1. The molecule has 44 heavy (non-hydrogen) atoms. The van der Waals surface area contributed by atoms with Gasteiger partial charge in [0.05, 0.1) is 28.8 Å². The monoisotopic (exact) mass is 607 g/mol. The molecule has 2 atom stereocenters. The number of nitrogens with one attached hydrogen (secondary N) is 1. The fourth-order valence-electron chi connectivity index (χ4n) is 6.32. The van der Waals surface area contributed by atoms with Crippen molar-refractivity contribution in [2.24, 2.45) is 11.3 Å². The number of alkyl halides is 2. The molecule has 1 N–H and O–H groups in total. The Morgan fingerprint density at radius 1 is 1.23 bits per heavy atom. The topological polar surface area (TPSA) is 64.8 Å². The van der Waals surface area contributed by atoms with Crippen LogP contribution in [-0.4, -0.2) is 34.0 Å². The maximum absolute atomic E-state index is 15.8. The van der Waals surface area contributed by atoms with Gasteiger partial charge >= 0.3 is 0 Å². The van der Waals surface area contributed by atoms with Crippen molar-refractivity contribution in [3.8, 4) is 6.07 Å². The van der Waals surface area contributed by atoms with Gasteiger partial charge in [0, 0.05) is 36.7 Å². The number of hydrogen-bond donors (Lipinski definition) is 1. The van der Waals surface area contributed by atoms with Gasteiger partial charge in [0.2, 0.25) is 0 Å². The molecule has 238 valence electrons. The fraction of sp³-hybridized carbons (Fsp3) is 0.583. The maximum Gasteiger partial charge on any atom is 0.276 e. The minimum atomic E-state index is -3.27. The van der Waals surface area contributed by atoms with Gasteiger partial charge in [-0.2, -0.15) is 5.26 Å². The molecule has 2 aromatic rings. The predicted octanol–water partition coefficient (Wildman–Crippen LogP) is 9.52. The summed E-state index contributed by atoms with van der Waals surface area (Å²) >= 11 is 0. The number of benzene rings is 1. The summed E-state index contributed by atoms with van der Waals surface area (Å²) in [5, 5.41) is 13.0. The highest BCUT2D eigenvalue weighted by Crippen LogP contribution is 2.54. The molecule has 2 heterocycles. The first-order valence-electron chi connectivity index (χ1n) is 16.2. The second-order valence-electron chi connectivity index (χ2n) is 13.1. The highest BCUT2D eigenvalue weighted by Gasteiger charge is 2.47. The molecular weight excluding hydrogens is 559 g/mol. The summed E-state index contributed by atoms with van der Waals surface area (Å²) in [4.78, 5) is 11.1. The van der Waals surface area contributed by atoms with Crippen LogP contribution in [0.5, 0.6) is 0 Å². The lowest BCUT2D eigenvalue weighted by molar-refractivity contribution is -0.0359. The van der Waals surface area contributed by atoms with Gasteiger partial charge in [0.25, 0.3) is 5.92 Å². The highest BCUT2D eigenvalue weighted by atomic mass is 19.3. The molecule has 1 unspecified atom stereocenters. The molecule has 1 aromatic heterocycles. The summed E-state index contributed by atoms with van der Waals surface area (Å²) < 4.78 is 46.7. The molecule has 1 aliphatic heterocycles. The smallest absolute Gasteiger partial charge is 0.276 e. The molecule has 1 saturated carbocycles. The molecule has 2 fully saturated rings. The van der Waals surface area contributed by atoms with Gasteiger partial charge in [-0.25, -0.2) is 23.1 Å². The van der Waals surface area contributed by atoms with Crippen LogP contribution < -0.4 is 5.32 Å². The Bertz CT molecular complexity index is 1380. The molecule has 1 aromatic carbocycles. The zero-order valence-electron chi connectivity index (χ0n) is 27.0. The van der Waals surface area contributed by atoms with Crippen molar-refractivity contribution in [3.05, 3.63) is 70.5 Å². The molecule has 8 heteroatoms. The Labute approximate surface area is 261 Å². The predicted molar refractivity (Wildman–Crippen MR) is 172 cm³/mol. The van der Waals surface area contributed by atoms with E-state index in [0.717, 1.165) is 43.5 Å². The van der Waals surface area contributed by atoms with E-state index in [1.165, 1.54) is 50.2 Å². The number of unbranched alkanes of at least 4 members (excludes halogenated alkanes) is 3. The lowest BCUT2D eigenvalue weighted by Crippen LogP contribution is -2.51. The maximum atomic E-state index is 15.8. The first-order chi connectivity index (χ1) is 20.9. The number of halogens is 3. The third-order valence-electron chi connectivity index (χ3n) is 9.50. The minimum absolute atomic E-state index is 0.149. The lowest BCUT2D eigenvalue weighted by Gasteiger charge is -2.44. The third kappa shape index (κ3) is 7.72. The van der Waals surface area contributed by atoms with Gasteiger partial charge in [-0.1, -0.05) is 63.0 Å². The number of allylic oxidation sites excluding steroid dienone is 2. The average molecular weight is 608 g/mol. The van der Waals surface area contributed by atoms with Crippen LogP contribution in [0.1, 0.15) is 114 Å². The number of anilines is 1. The Morgan fingerprint density at radius 3 is 2.59 bits per heavy atom. The van der Waals surface area contributed by atoms with Gasteiger partial charge in [-0.3, -0.25) is 0 Å². The summed E-state index contributed by atoms with van der Waals surface area (Å²) in [6.45, 7) is 15.6. The summed E-state index contributed by atoms with van der Waals surface area (Å²) in [6.07, 6.45) is 10.9. The lowest BCUT2D eigenvalue weighted by atomic mass is 9.88. The van der Waals surface area contributed by atoms with Gasteiger partial charge in [-0.15, -0.1) is 0 Å². The van der Waals surface area contributed by atoms with Crippen LogP contribution in [0.2, 0.25) is 0 Å². The minimum Gasteiger partial charge on any atom is -0.363 e. The Hall–Kier alpha value is -3.18. The van der Waals surface area contributed by atoms with E-state index in [2.05, 4.69) is 46.7 Å². The van der Waals surface area contributed by atoms with E-state index in [9.17, 15) is 5.26 Å². The largest absolute Gasteiger partial charge is 0.363 e. The molecule has 0 radical (unpaired) electrons. The van der Waals surface area contributed by atoms with Crippen molar-refractivity contribution in [1.82, 2.24) is 14.9 Å². The number of aryl methyl sites for hydroxylation is 1.